The van der Waals surface area contributed by atoms with Gasteiger partial charge in [-0.3, -0.25) is 20.6 Å². The van der Waals surface area contributed by atoms with Crippen LogP contribution in [0.4, 0.5) is 0 Å². The molecule has 0 aliphatic carbocycles. The third-order valence-electron chi connectivity index (χ3n) is 2.37. The summed E-state index contributed by atoms with van der Waals surface area (Å²) < 4.78 is 0. The Balaban J connectivity index is 1.93. The number of carbonyl (C=O) groups excluding carboxylic acids is 1. The predicted molar refractivity (Wildman–Crippen MR) is 70.3 cm³/mol. The van der Waals surface area contributed by atoms with E-state index in [0.29, 0.717) is 11.3 Å². The topological polar surface area (TPSA) is 54.0 Å². The van der Waals surface area contributed by atoms with Crippen LogP contribution in [0.5, 0.6) is 0 Å². The minimum Gasteiger partial charge on any atom is -0.298 e. The highest BCUT2D eigenvalue weighted by Gasteiger charge is 2.04. The number of benzene rings is 1. The fourth-order valence-electron chi connectivity index (χ4n) is 1.41. The maximum atomic E-state index is 11.7. The number of hydrogen-bond acceptors (Lipinski definition) is 3. The molecule has 2 rings (SSSR count). The molecule has 1 aromatic carbocycles. The smallest absolute Gasteiger partial charge is 0.271 e. The van der Waals surface area contributed by atoms with Gasteiger partial charge in [-0.15, -0.1) is 0 Å². The number of hydrazine groups is 1. The maximum absolute atomic E-state index is 11.7. The molecule has 18 heavy (non-hydrogen) atoms. The second-order valence-electron chi connectivity index (χ2n) is 3.67. The van der Waals surface area contributed by atoms with Gasteiger partial charge in [0.05, 0.1) is 11.3 Å². The van der Waals surface area contributed by atoms with Gasteiger partial charge in [0.2, 0.25) is 0 Å². The van der Waals surface area contributed by atoms with Crippen LogP contribution < -0.4 is 10.9 Å². The van der Waals surface area contributed by atoms with Gasteiger partial charge in [0.1, 0.15) is 0 Å². The standard InChI is InChI=1S/C14H13N3O/c1-11(12-6-3-2-4-7-12)16-17-14(18)13-8-5-9-15-10-13/h2-10,16H,1H2,(H,17,18). The van der Waals surface area contributed by atoms with Crippen molar-refractivity contribution in [1.29, 1.82) is 0 Å². The number of amides is 1. The molecule has 0 fully saturated rings. The summed E-state index contributed by atoms with van der Waals surface area (Å²) in [4.78, 5) is 15.6. The summed E-state index contributed by atoms with van der Waals surface area (Å²) in [6.07, 6.45) is 3.12. The van der Waals surface area contributed by atoms with E-state index in [1.165, 1.54) is 6.20 Å². The number of nitrogens with one attached hydrogen (secondary N) is 2. The van der Waals surface area contributed by atoms with Crippen LogP contribution in [0.2, 0.25) is 0 Å². The van der Waals surface area contributed by atoms with Crippen LogP contribution in [0.3, 0.4) is 0 Å². The molecule has 0 aliphatic heterocycles. The molecule has 0 unspecified atom stereocenters. The van der Waals surface area contributed by atoms with Gasteiger partial charge in [-0.05, 0) is 17.7 Å². The number of carbonyl (C=O) groups is 1. The summed E-state index contributed by atoms with van der Waals surface area (Å²) in [6, 6.07) is 13.0. The quantitative estimate of drug-likeness (QED) is 0.802. The summed E-state index contributed by atoms with van der Waals surface area (Å²) in [5.74, 6) is -0.250. The van der Waals surface area contributed by atoms with Crippen molar-refractivity contribution < 1.29 is 4.79 Å². The van der Waals surface area contributed by atoms with E-state index in [-0.39, 0.29) is 5.91 Å². The molecule has 90 valence electrons. The van der Waals surface area contributed by atoms with Crippen molar-refractivity contribution in [3.63, 3.8) is 0 Å². The average Bonchev–Trinajstić information content (AvgIpc) is 2.46. The Morgan fingerprint density at radius 2 is 1.72 bits per heavy atom. The van der Waals surface area contributed by atoms with Crippen molar-refractivity contribution in [1.82, 2.24) is 15.8 Å². The summed E-state index contributed by atoms with van der Waals surface area (Å²) in [6.45, 7) is 3.85. The van der Waals surface area contributed by atoms with Gasteiger partial charge in [0.15, 0.2) is 0 Å². The Bertz CT molecular complexity index is 486. The van der Waals surface area contributed by atoms with Gasteiger partial charge in [0.25, 0.3) is 5.91 Å². The Hall–Kier alpha value is -2.62. The Morgan fingerprint density at radius 1 is 1.00 bits per heavy atom. The van der Waals surface area contributed by atoms with E-state index < -0.39 is 0 Å². The highest BCUT2D eigenvalue weighted by molar-refractivity contribution is 5.94. The summed E-state index contributed by atoms with van der Waals surface area (Å²) in [5, 5.41) is 0. The summed E-state index contributed by atoms with van der Waals surface area (Å²) in [7, 11) is 0. The monoisotopic (exact) mass is 239 g/mol. The first-order valence-corrected chi connectivity index (χ1v) is 5.48. The first kappa shape index (κ1) is 11.9. The number of aromatic nitrogens is 1. The van der Waals surface area contributed by atoms with E-state index in [0.717, 1.165) is 5.56 Å². The van der Waals surface area contributed by atoms with Crippen molar-refractivity contribution >= 4 is 11.6 Å². The second kappa shape index (κ2) is 5.63. The molecule has 4 nitrogen and oxygen atoms in total. The van der Waals surface area contributed by atoms with Crippen molar-refractivity contribution in [2.75, 3.05) is 0 Å². The van der Waals surface area contributed by atoms with E-state index in [4.69, 9.17) is 0 Å². The molecule has 2 N–H and O–H groups in total. The Kier molecular flexibility index (Phi) is 3.71. The fraction of sp³-hybridized carbons (Fsp3) is 0. The van der Waals surface area contributed by atoms with Crippen LogP contribution in [0.25, 0.3) is 5.70 Å². The van der Waals surface area contributed by atoms with Crippen LogP contribution >= 0.6 is 0 Å². The van der Waals surface area contributed by atoms with Gasteiger partial charge < -0.3 is 0 Å². The molecule has 0 bridgehead atoms. The molecule has 0 atom stereocenters. The SMILES string of the molecule is C=C(NNC(=O)c1cccnc1)c1ccccc1. The van der Waals surface area contributed by atoms with E-state index in [2.05, 4.69) is 22.4 Å². The van der Waals surface area contributed by atoms with Crippen LogP contribution in [-0.2, 0) is 0 Å². The lowest BCUT2D eigenvalue weighted by molar-refractivity contribution is 0.0942. The zero-order valence-electron chi connectivity index (χ0n) is 9.76. The molecule has 1 aromatic heterocycles. The second-order valence-corrected chi connectivity index (χ2v) is 3.67. The van der Waals surface area contributed by atoms with Crippen molar-refractivity contribution in [3.8, 4) is 0 Å². The number of rotatable bonds is 4. The normalized spacial score (nSPS) is 9.56. The number of nitrogens with zero attached hydrogens (tertiary/aromatic N) is 1. The molecule has 0 aliphatic rings. The molecule has 0 saturated carbocycles. The lowest BCUT2D eigenvalue weighted by Gasteiger charge is -2.10. The molecule has 1 amide bonds. The largest absolute Gasteiger partial charge is 0.298 e. The van der Waals surface area contributed by atoms with Gasteiger partial charge in [0, 0.05) is 12.4 Å². The molecule has 0 radical (unpaired) electrons. The third-order valence-corrected chi connectivity index (χ3v) is 2.37. The van der Waals surface area contributed by atoms with Gasteiger partial charge >= 0.3 is 0 Å². The zero-order valence-corrected chi connectivity index (χ0v) is 9.76. The average molecular weight is 239 g/mol. The molecule has 2 aromatic rings. The molecule has 1 heterocycles. The number of pyridine rings is 1. The number of hydrogen-bond donors (Lipinski definition) is 2. The van der Waals surface area contributed by atoms with Crippen LogP contribution in [0.1, 0.15) is 15.9 Å². The first-order valence-electron chi connectivity index (χ1n) is 5.48. The Labute approximate surface area is 105 Å². The Morgan fingerprint density at radius 3 is 2.39 bits per heavy atom. The van der Waals surface area contributed by atoms with E-state index in [1.54, 1.807) is 18.3 Å². The van der Waals surface area contributed by atoms with Gasteiger partial charge in [-0.1, -0.05) is 36.9 Å². The van der Waals surface area contributed by atoms with Crippen LogP contribution in [0, 0.1) is 0 Å². The van der Waals surface area contributed by atoms with Crippen molar-refractivity contribution in [3.05, 3.63) is 72.6 Å². The summed E-state index contributed by atoms with van der Waals surface area (Å²) in [5.41, 5.74) is 7.39. The minimum atomic E-state index is -0.250. The van der Waals surface area contributed by atoms with Crippen LogP contribution in [0.15, 0.2) is 61.4 Å². The minimum absolute atomic E-state index is 0.250. The molecule has 4 heteroatoms. The van der Waals surface area contributed by atoms with Crippen LogP contribution in [-0.4, -0.2) is 10.9 Å². The van der Waals surface area contributed by atoms with Crippen molar-refractivity contribution in [2.45, 2.75) is 0 Å². The lowest BCUT2D eigenvalue weighted by atomic mass is 10.2. The highest BCUT2D eigenvalue weighted by Crippen LogP contribution is 2.06. The third kappa shape index (κ3) is 2.95. The predicted octanol–water partition coefficient (Wildman–Crippen LogP) is 1.99. The molecule has 0 spiro atoms. The van der Waals surface area contributed by atoms with E-state index in [1.807, 2.05) is 30.3 Å². The lowest BCUT2D eigenvalue weighted by Crippen LogP contribution is -2.35. The van der Waals surface area contributed by atoms with Gasteiger partial charge in [-0.2, -0.15) is 0 Å². The molecular formula is C14H13N3O. The first-order chi connectivity index (χ1) is 8.77. The van der Waals surface area contributed by atoms with Crippen molar-refractivity contribution in [2.24, 2.45) is 0 Å². The molecule has 0 saturated heterocycles. The fourth-order valence-corrected chi connectivity index (χ4v) is 1.41. The van der Waals surface area contributed by atoms with E-state index >= 15 is 0 Å². The molecular weight excluding hydrogens is 226 g/mol. The summed E-state index contributed by atoms with van der Waals surface area (Å²) >= 11 is 0. The van der Waals surface area contributed by atoms with E-state index in [9.17, 15) is 4.79 Å². The highest BCUT2D eigenvalue weighted by atomic mass is 16.2. The maximum Gasteiger partial charge on any atom is 0.271 e. The van der Waals surface area contributed by atoms with Gasteiger partial charge in [-0.25, -0.2) is 0 Å². The zero-order chi connectivity index (χ0) is 12.8.